The fraction of sp³-hybridized carbons (Fsp3) is 0.0714. The molecule has 0 aliphatic carbocycles. The Bertz CT molecular complexity index is 684. The molecule has 0 aliphatic rings. The maximum absolute atomic E-state index is 12.8. The predicted molar refractivity (Wildman–Crippen MR) is 73.4 cm³/mol. The number of hydrogen-bond acceptors (Lipinski definition) is 2. The average molecular weight is 335 g/mol. The largest absolute Gasteiger partial charge is 0.457 e. The number of halogens is 5. The molecule has 2 aromatic carbocycles. The Morgan fingerprint density at radius 2 is 1.57 bits per heavy atom. The van der Waals surface area contributed by atoms with E-state index in [0.717, 1.165) is 12.1 Å². The highest BCUT2D eigenvalue weighted by Crippen LogP contribution is 2.35. The zero-order valence-corrected chi connectivity index (χ0v) is 11.8. The van der Waals surface area contributed by atoms with Crippen LogP contribution in [0.3, 0.4) is 0 Å². The molecule has 0 saturated carbocycles. The van der Waals surface area contributed by atoms with Crippen LogP contribution < -0.4 is 4.74 Å². The second-order valence-electron chi connectivity index (χ2n) is 4.04. The number of aldehydes is 1. The standard InChI is InChI=1S/C14H7Cl2F3O2/c15-12-4-3-10(6-13(12)16)21-9-2-1-8(7-20)11(5-9)14(17,18)19/h1-7H. The van der Waals surface area contributed by atoms with E-state index in [1.165, 1.54) is 24.3 Å². The number of carbonyl (C=O) groups is 1. The quantitative estimate of drug-likeness (QED) is 0.681. The highest BCUT2D eigenvalue weighted by atomic mass is 35.5. The highest BCUT2D eigenvalue weighted by Gasteiger charge is 2.33. The van der Waals surface area contributed by atoms with E-state index in [9.17, 15) is 18.0 Å². The van der Waals surface area contributed by atoms with Crippen LogP contribution in [0.25, 0.3) is 0 Å². The minimum absolute atomic E-state index is 0.0636. The van der Waals surface area contributed by atoms with Crippen LogP contribution in [0, 0.1) is 0 Å². The molecule has 0 heterocycles. The van der Waals surface area contributed by atoms with E-state index >= 15 is 0 Å². The van der Waals surface area contributed by atoms with Gasteiger partial charge in [-0.2, -0.15) is 13.2 Å². The van der Waals surface area contributed by atoms with E-state index < -0.39 is 17.3 Å². The molecule has 0 unspecified atom stereocenters. The molecule has 2 rings (SSSR count). The van der Waals surface area contributed by atoms with Crippen LogP contribution in [-0.4, -0.2) is 6.29 Å². The zero-order chi connectivity index (χ0) is 15.6. The fourth-order valence-corrected chi connectivity index (χ4v) is 1.91. The third-order valence-corrected chi connectivity index (χ3v) is 3.32. The Morgan fingerprint density at radius 3 is 2.14 bits per heavy atom. The summed E-state index contributed by atoms with van der Waals surface area (Å²) in [6, 6.07) is 7.37. The van der Waals surface area contributed by atoms with E-state index in [2.05, 4.69) is 0 Å². The van der Waals surface area contributed by atoms with Crippen molar-refractivity contribution in [1.82, 2.24) is 0 Å². The number of rotatable bonds is 3. The third-order valence-electron chi connectivity index (χ3n) is 2.58. The van der Waals surface area contributed by atoms with E-state index in [1.807, 2.05) is 0 Å². The van der Waals surface area contributed by atoms with Gasteiger partial charge < -0.3 is 4.74 Å². The minimum atomic E-state index is -4.65. The molecule has 2 aromatic rings. The van der Waals surface area contributed by atoms with Gasteiger partial charge in [0.05, 0.1) is 15.6 Å². The number of hydrogen-bond donors (Lipinski definition) is 0. The van der Waals surface area contributed by atoms with Gasteiger partial charge in [-0.15, -0.1) is 0 Å². The molecule has 0 bridgehead atoms. The lowest BCUT2D eigenvalue weighted by molar-refractivity contribution is -0.137. The van der Waals surface area contributed by atoms with Gasteiger partial charge in [0, 0.05) is 11.6 Å². The Kier molecular flexibility index (Phi) is 4.44. The number of alkyl halides is 3. The van der Waals surface area contributed by atoms with Crippen molar-refractivity contribution >= 4 is 29.5 Å². The van der Waals surface area contributed by atoms with Crippen molar-refractivity contribution in [2.45, 2.75) is 6.18 Å². The first-order valence-corrected chi connectivity index (χ1v) is 6.36. The van der Waals surface area contributed by atoms with E-state index in [0.29, 0.717) is 5.02 Å². The molecule has 0 amide bonds. The van der Waals surface area contributed by atoms with Gasteiger partial charge in [0.2, 0.25) is 0 Å². The summed E-state index contributed by atoms with van der Waals surface area (Å²) in [7, 11) is 0. The minimum Gasteiger partial charge on any atom is -0.457 e. The van der Waals surface area contributed by atoms with Crippen LogP contribution in [-0.2, 0) is 6.18 Å². The van der Waals surface area contributed by atoms with Crippen molar-refractivity contribution in [3.63, 3.8) is 0 Å². The summed E-state index contributed by atoms with van der Waals surface area (Å²) in [4.78, 5) is 10.7. The second kappa shape index (κ2) is 5.95. The SMILES string of the molecule is O=Cc1ccc(Oc2ccc(Cl)c(Cl)c2)cc1C(F)(F)F. The lowest BCUT2D eigenvalue weighted by Gasteiger charge is -2.12. The Labute approximate surface area is 128 Å². The summed E-state index contributed by atoms with van der Waals surface area (Å²) in [6.07, 6.45) is -4.50. The molecular weight excluding hydrogens is 328 g/mol. The van der Waals surface area contributed by atoms with Gasteiger partial charge in [0.1, 0.15) is 11.5 Å². The second-order valence-corrected chi connectivity index (χ2v) is 4.86. The van der Waals surface area contributed by atoms with Gasteiger partial charge in [-0.05, 0) is 30.3 Å². The summed E-state index contributed by atoms with van der Waals surface area (Å²) in [5, 5.41) is 0.519. The normalized spacial score (nSPS) is 11.3. The van der Waals surface area contributed by atoms with Gasteiger partial charge in [-0.3, -0.25) is 4.79 Å². The summed E-state index contributed by atoms with van der Waals surface area (Å²) >= 11 is 11.5. The number of benzene rings is 2. The molecule has 0 atom stereocenters. The Hall–Kier alpha value is -1.72. The molecule has 0 saturated heterocycles. The van der Waals surface area contributed by atoms with Gasteiger partial charge >= 0.3 is 6.18 Å². The topological polar surface area (TPSA) is 26.3 Å². The van der Waals surface area contributed by atoms with Crippen LogP contribution in [0.15, 0.2) is 36.4 Å². The first-order valence-electron chi connectivity index (χ1n) is 5.60. The molecule has 21 heavy (non-hydrogen) atoms. The molecule has 0 radical (unpaired) electrons. The van der Waals surface area contributed by atoms with Gasteiger partial charge in [0.15, 0.2) is 6.29 Å². The van der Waals surface area contributed by atoms with E-state index in [4.69, 9.17) is 27.9 Å². The molecule has 7 heteroatoms. The van der Waals surface area contributed by atoms with Gasteiger partial charge in [-0.1, -0.05) is 23.2 Å². The molecule has 0 spiro atoms. The Balaban J connectivity index is 2.36. The summed E-state index contributed by atoms with van der Waals surface area (Å²) in [5.74, 6) is 0.169. The lowest BCUT2D eigenvalue weighted by Crippen LogP contribution is -2.09. The summed E-state index contributed by atoms with van der Waals surface area (Å²) < 4.78 is 43.7. The fourth-order valence-electron chi connectivity index (χ4n) is 1.62. The van der Waals surface area contributed by atoms with Crippen LogP contribution in [0.2, 0.25) is 10.0 Å². The zero-order valence-electron chi connectivity index (χ0n) is 10.2. The smallest absolute Gasteiger partial charge is 0.417 e. The Morgan fingerprint density at radius 1 is 0.952 bits per heavy atom. The first kappa shape index (κ1) is 15.7. The molecule has 0 aliphatic heterocycles. The predicted octanol–water partition coefficient (Wildman–Crippen LogP) is 5.62. The van der Waals surface area contributed by atoms with Crippen molar-refractivity contribution in [2.24, 2.45) is 0 Å². The monoisotopic (exact) mass is 334 g/mol. The van der Waals surface area contributed by atoms with E-state index in [-0.39, 0.29) is 22.8 Å². The van der Waals surface area contributed by atoms with Crippen LogP contribution in [0.5, 0.6) is 11.5 Å². The molecular formula is C14H7Cl2F3O2. The number of carbonyl (C=O) groups excluding carboxylic acids is 1. The maximum atomic E-state index is 12.8. The van der Waals surface area contributed by atoms with E-state index in [1.54, 1.807) is 0 Å². The third kappa shape index (κ3) is 3.68. The maximum Gasteiger partial charge on any atom is 0.417 e. The molecule has 0 aromatic heterocycles. The lowest BCUT2D eigenvalue weighted by atomic mass is 10.1. The molecule has 0 fully saturated rings. The molecule has 0 N–H and O–H groups in total. The first-order chi connectivity index (χ1) is 9.81. The summed E-state index contributed by atoms with van der Waals surface area (Å²) in [6.45, 7) is 0. The van der Waals surface area contributed by atoms with Crippen molar-refractivity contribution < 1.29 is 22.7 Å². The van der Waals surface area contributed by atoms with Gasteiger partial charge in [0.25, 0.3) is 0 Å². The summed E-state index contributed by atoms with van der Waals surface area (Å²) in [5.41, 5.74) is -1.51. The van der Waals surface area contributed by atoms with Crippen molar-refractivity contribution in [3.8, 4) is 11.5 Å². The molecule has 110 valence electrons. The van der Waals surface area contributed by atoms with Crippen molar-refractivity contribution in [1.29, 1.82) is 0 Å². The molecule has 2 nitrogen and oxygen atoms in total. The van der Waals surface area contributed by atoms with Crippen molar-refractivity contribution in [3.05, 3.63) is 57.6 Å². The average Bonchev–Trinajstić information content (AvgIpc) is 2.42. The number of ether oxygens (including phenoxy) is 1. The van der Waals surface area contributed by atoms with Crippen molar-refractivity contribution in [2.75, 3.05) is 0 Å². The highest BCUT2D eigenvalue weighted by molar-refractivity contribution is 6.42. The van der Waals surface area contributed by atoms with Crippen LogP contribution in [0.1, 0.15) is 15.9 Å². The van der Waals surface area contributed by atoms with Crippen LogP contribution >= 0.6 is 23.2 Å². The van der Waals surface area contributed by atoms with Crippen LogP contribution in [0.4, 0.5) is 13.2 Å². The van der Waals surface area contributed by atoms with Gasteiger partial charge in [-0.25, -0.2) is 0 Å².